The first-order valence-corrected chi connectivity index (χ1v) is 8.80. The van der Waals surface area contributed by atoms with Crippen LogP contribution in [0.25, 0.3) is 0 Å². The molecule has 7 heteroatoms. The van der Waals surface area contributed by atoms with Crippen LogP contribution >= 0.6 is 0 Å². The Morgan fingerprint density at radius 1 is 1.38 bits per heavy atom. The van der Waals surface area contributed by atoms with E-state index in [2.05, 4.69) is 13.5 Å². The molecule has 0 bridgehead atoms. The average Bonchev–Trinajstić information content (AvgIpc) is 2.92. The number of methoxy groups -OCH3 is 1. The Labute approximate surface area is 153 Å². The summed E-state index contributed by atoms with van der Waals surface area (Å²) in [5, 5.41) is 21.8. The maximum Gasteiger partial charge on any atom is 0.258 e. The summed E-state index contributed by atoms with van der Waals surface area (Å²) in [6.45, 7) is 6.67. The fourth-order valence-electron chi connectivity index (χ4n) is 3.56. The van der Waals surface area contributed by atoms with Gasteiger partial charge in [0.1, 0.15) is 0 Å². The van der Waals surface area contributed by atoms with Crippen LogP contribution in [0.2, 0.25) is 0 Å². The van der Waals surface area contributed by atoms with Gasteiger partial charge >= 0.3 is 0 Å². The summed E-state index contributed by atoms with van der Waals surface area (Å²) in [5.74, 6) is 0.576. The quantitative estimate of drug-likeness (QED) is 0.613. The second kappa shape index (κ2) is 6.81. The van der Waals surface area contributed by atoms with Crippen molar-refractivity contribution in [2.45, 2.75) is 38.1 Å². The first kappa shape index (κ1) is 18.5. The van der Waals surface area contributed by atoms with Crippen molar-refractivity contribution in [1.29, 1.82) is 0 Å². The molecule has 0 aromatic heterocycles. The number of fused-ring (bicyclic) bond motifs is 2. The number of benzene rings is 1. The lowest BCUT2D eigenvalue weighted by atomic mass is 10.1. The number of hydrogen-bond donors (Lipinski definition) is 2. The summed E-state index contributed by atoms with van der Waals surface area (Å²) in [6, 6.07) is 3.29. The zero-order chi connectivity index (χ0) is 19.1. The van der Waals surface area contributed by atoms with Crippen LogP contribution in [0, 0.1) is 0 Å². The highest BCUT2D eigenvalue weighted by Crippen LogP contribution is 2.44. The molecule has 1 aromatic carbocycles. The summed E-state index contributed by atoms with van der Waals surface area (Å²) in [6.07, 6.45) is 0.738. The van der Waals surface area contributed by atoms with Gasteiger partial charge in [-0.05, 0) is 12.5 Å². The molecule has 1 fully saturated rings. The highest BCUT2D eigenvalue weighted by atomic mass is 16.5. The third-order valence-corrected chi connectivity index (χ3v) is 5.03. The van der Waals surface area contributed by atoms with Gasteiger partial charge in [-0.15, -0.1) is 0 Å². The van der Waals surface area contributed by atoms with Crippen molar-refractivity contribution >= 4 is 11.6 Å². The Morgan fingerprint density at radius 2 is 2.12 bits per heavy atom. The van der Waals surface area contributed by atoms with Crippen molar-refractivity contribution in [3.05, 3.63) is 29.8 Å². The van der Waals surface area contributed by atoms with Crippen LogP contribution in [0.3, 0.4) is 0 Å². The van der Waals surface area contributed by atoms with E-state index >= 15 is 0 Å². The van der Waals surface area contributed by atoms with Gasteiger partial charge < -0.3 is 29.5 Å². The second-order valence-corrected chi connectivity index (χ2v) is 6.90. The number of carbonyl (C=O) groups excluding carboxylic acids is 1. The fraction of sp³-hybridized carbons (Fsp3) is 0.526. The van der Waals surface area contributed by atoms with Crippen molar-refractivity contribution in [2.24, 2.45) is 0 Å². The zero-order valence-corrected chi connectivity index (χ0v) is 15.5. The molecule has 0 aliphatic carbocycles. The lowest BCUT2D eigenvalue weighted by Crippen LogP contribution is -2.58. The molecule has 2 N–H and O–H groups in total. The van der Waals surface area contributed by atoms with Gasteiger partial charge in [0.05, 0.1) is 25.0 Å². The van der Waals surface area contributed by atoms with E-state index in [4.69, 9.17) is 9.47 Å². The van der Waals surface area contributed by atoms with Crippen LogP contribution in [-0.2, 0) is 0 Å². The third-order valence-electron chi connectivity index (χ3n) is 5.03. The minimum atomic E-state index is -1.71. The average molecular weight is 362 g/mol. The maximum absolute atomic E-state index is 13.1. The zero-order valence-electron chi connectivity index (χ0n) is 15.5. The minimum absolute atomic E-state index is 0.134. The van der Waals surface area contributed by atoms with E-state index in [1.165, 1.54) is 16.9 Å². The van der Waals surface area contributed by atoms with Gasteiger partial charge in [0, 0.05) is 26.1 Å². The third kappa shape index (κ3) is 2.81. The molecule has 7 nitrogen and oxygen atoms in total. The van der Waals surface area contributed by atoms with Gasteiger partial charge in [0.25, 0.3) is 5.91 Å². The summed E-state index contributed by atoms with van der Waals surface area (Å²) < 4.78 is 11.2. The summed E-state index contributed by atoms with van der Waals surface area (Å²) in [4.78, 5) is 15.9. The van der Waals surface area contributed by atoms with Crippen LogP contribution < -0.4 is 14.4 Å². The SMILES string of the molecule is C=C1CN2C(=O)c3cc(OC)c(OCCCC)cc3N(C)[C@@H](O)[C@]2(O)C1. The molecule has 3 rings (SSSR count). The number of ether oxygens (including phenoxy) is 2. The van der Waals surface area contributed by atoms with E-state index in [9.17, 15) is 15.0 Å². The standard InChI is InChI=1S/C19H26N2O5/c1-5-6-7-26-16-9-14-13(8-15(16)25-4)17(22)21-11-12(2)10-19(21,24)18(23)20(14)3/h8-9,18,23-24H,2,5-7,10-11H2,1,3-4H3/t18-,19+/m0/s1. The molecule has 26 heavy (non-hydrogen) atoms. The normalized spacial score (nSPS) is 25.0. The molecule has 1 saturated heterocycles. The number of anilines is 1. The van der Waals surface area contributed by atoms with Crippen LogP contribution in [0.4, 0.5) is 5.69 Å². The smallest absolute Gasteiger partial charge is 0.258 e. The molecular weight excluding hydrogens is 336 g/mol. The predicted octanol–water partition coefficient (Wildman–Crippen LogP) is 1.73. The monoisotopic (exact) mass is 362 g/mol. The number of hydrogen-bond acceptors (Lipinski definition) is 6. The van der Waals surface area contributed by atoms with Crippen molar-refractivity contribution in [1.82, 2.24) is 4.90 Å². The summed E-state index contributed by atoms with van der Waals surface area (Å²) in [5.41, 5.74) is -0.179. The Morgan fingerprint density at radius 3 is 2.77 bits per heavy atom. The van der Waals surface area contributed by atoms with E-state index < -0.39 is 12.0 Å². The van der Waals surface area contributed by atoms with Crippen molar-refractivity contribution in [3.63, 3.8) is 0 Å². The summed E-state index contributed by atoms with van der Waals surface area (Å²) in [7, 11) is 3.16. The number of rotatable bonds is 5. The molecule has 2 heterocycles. The molecule has 142 valence electrons. The number of carbonyl (C=O) groups is 1. The first-order valence-electron chi connectivity index (χ1n) is 8.80. The Kier molecular flexibility index (Phi) is 4.86. The van der Waals surface area contributed by atoms with Gasteiger partial charge in [-0.3, -0.25) is 4.79 Å². The largest absolute Gasteiger partial charge is 0.493 e. The Balaban J connectivity index is 2.08. The molecule has 2 aliphatic rings. The van der Waals surface area contributed by atoms with Crippen LogP contribution in [0.5, 0.6) is 11.5 Å². The van der Waals surface area contributed by atoms with Crippen LogP contribution in [0.1, 0.15) is 36.5 Å². The van der Waals surface area contributed by atoms with Gasteiger partial charge in [-0.1, -0.05) is 25.5 Å². The lowest BCUT2D eigenvalue weighted by Gasteiger charge is -2.38. The molecule has 0 saturated carbocycles. The summed E-state index contributed by atoms with van der Waals surface area (Å²) >= 11 is 0. The topological polar surface area (TPSA) is 82.5 Å². The maximum atomic E-state index is 13.1. The van der Waals surface area contributed by atoms with E-state index in [1.54, 1.807) is 19.2 Å². The molecule has 2 atom stereocenters. The molecular formula is C19H26N2O5. The first-order chi connectivity index (χ1) is 12.3. The van der Waals surface area contributed by atoms with Crippen molar-refractivity contribution < 1.29 is 24.5 Å². The van der Waals surface area contributed by atoms with Gasteiger partial charge in [-0.2, -0.15) is 0 Å². The predicted molar refractivity (Wildman–Crippen MR) is 97.6 cm³/mol. The van der Waals surface area contributed by atoms with Gasteiger partial charge in [0.15, 0.2) is 23.5 Å². The fourth-order valence-corrected chi connectivity index (χ4v) is 3.56. The Bertz CT molecular complexity index is 735. The lowest BCUT2D eigenvalue weighted by molar-refractivity contribution is -0.138. The number of unbranched alkanes of at least 4 members (excludes halogenated alkanes) is 1. The Hall–Kier alpha value is -2.25. The van der Waals surface area contributed by atoms with Crippen LogP contribution in [0.15, 0.2) is 24.3 Å². The number of likely N-dealkylation sites (N-methyl/N-ethyl adjacent to an activating group) is 1. The minimum Gasteiger partial charge on any atom is -0.493 e. The van der Waals surface area contributed by atoms with E-state index in [-0.39, 0.29) is 18.9 Å². The van der Waals surface area contributed by atoms with Crippen LogP contribution in [-0.4, -0.2) is 60.3 Å². The molecule has 1 aromatic rings. The van der Waals surface area contributed by atoms with Crippen molar-refractivity contribution in [2.75, 3.05) is 32.2 Å². The highest BCUT2D eigenvalue weighted by molar-refractivity contribution is 6.02. The van der Waals surface area contributed by atoms with Crippen molar-refractivity contribution in [3.8, 4) is 11.5 Å². The number of aliphatic hydroxyl groups is 2. The number of nitrogens with zero attached hydrogens (tertiary/aromatic N) is 2. The number of aliphatic hydroxyl groups excluding tert-OH is 1. The second-order valence-electron chi connectivity index (χ2n) is 6.90. The highest BCUT2D eigenvalue weighted by Gasteiger charge is 2.53. The number of amides is 1. The molecule has 0 unspecified atom stereocenters. The molecule has 0 radical (unpaired) electrons. The molecule has 0 spiro atoms. The van der Waals surface area contributed by atoms with Gasteiger partial charge in [-0.25, -0.2) is 0 Å². The molecule has 2 aliphatic heterocycles. The molecule has 1 amide bonds. The van der Waals surface area contributed by atoms with E-state index in [1.807, 2.05) is 0 Å². The van der Waals surface area contributed by atoms with E-state index in [0.29, 0.717) is 34.9 Å². The van der Waals surface area contributed by atoms with E-state index in [0.717, 1.165) is 12.8 Å². The van der Waals surface area contributed by atoms with Gasteiger partial charge in [0.2, 0.25) is 0 Å².